The quantitative estimate of drug-likeness (QED) is 0.112. The number of halogens is 14. The van der Waals surface area contributed by atoms with E-state index in [1.807, 2.05) is 0 Å². The molecule has 1 aliphatic carbocycles. The second-order valence-electron chi connectivity index (χ2n) is 8.44. The first-order valence-corrected chi connectivity index (χ1v) is 11.0. The maximum absolute atomic E-state index is 13.9. The number of aliphatic hydroxyl groups excluding tert-OH is 1. The molecule has 1 rings (SSSR count). The molecule has 0 heterocycles. The maximum Gasteiger partial charge on any atom is 0.490 e. The first kappa shape index (κ1) is 36.8. The highest BCUT2D eigenvalue weighted by molar-refractivity contribution is 5.00. The van der Waals surface area contributed by atoms with Crippen LogP contribution in [-0.2, 0) is 28.4 Å². The molecule has 240 valence electrons. The molecule has 7 nitrogen and oxygen atoms in total. The summed E-state index contributed by atoms with van der Waals surface area (Å²) in [6.45, 7) is -9.12. The fourth-order valence-electron chi connectivity index (χ4n) is 2.82. The minimum atomic E-state index is -5.45. The van der Waals surface area contributed by atoms with E-state index in [2.05, 4.69) is 28.4 Å². The molecule has 40 heavy (non-hydrogen) atoms. The van der Waals surface area contributed by atoms with Crippen molar-refractivity contribution in [2.75, 3.05) is 39.6 Å². The summed E-state index contributed by atoms with van der Waals surface area (Å²) in [5.74, 6) is -13.2. The Hall–Kier alpha value is -1.26. The van der Waals surface area contributed by atoms with Gasteiger partial charge in [0.05, 0.1) is 13.2 Å². The summed E-state index contributed by atoms with van der Waals surface area (Å²) in [6, 6.07) is 0. The molecule has 0 amide bonds. The Morgan fingerprint density at radius 2 is 1.30 bits per heavy atom. The lowest BCUT2D eigenvalue weighted by molar-refractivity contribution is -0.477. The monoisotopic (exact) mass is 630 g/mol. The second-order valence-corrected chi connectivity index (χ2v) is 8.44. The average molecular weight is 630 g/mol. The Morgan fingerprint density at radius 3 is 1.82 bits per heavy atom. The number of hydrogen-bond acceptors (Lipinski definition) is 7. The smallest absolute Gasteiger partial charge is 0.394 e. The summed E-state index contributed by atoms with van der Waals surface area (Å²) in [5.41, 5.74) is 0. The molecule has 0 aliphatic heterocycles. The Bertz CT molecular complexity index is 784. The summed E-state index contributed by atoms with van der Waals surface area (Å²) >= 11 is 0. The minimum Gasteiger partial charge on any atom is -0.394 e. The van der Waals surface area contributed by atoms with Crippen molar-refractivity contribution < 1.29 is 95.0 Å². The SMILES string of the molecule is CCC(F)(F)OC1CC(F)(F)C1OC(F)(F)CC(F)(F)COCC(F)(F)OC(F)(F)OCC(F)(F)COCCO. The van der Waals surface area contributed by atoms with E-state index in [9.17, 15) is 61.5 Å². The number of ether oxygens (including phenoxy) is 6. The molecule has 1 saturated carbocycles. The van der Waals surface area contributed by atoms with Gasteiger partial charge in [-0.2, -0.15) is 26.3 Å². The van der Waals surface area contributed by atoms with Crippen LogP contribution in [0.5, 0.6) is 0 Å². The van der Waals surface area contributed by atoms with E-state index in [1.54, 1.807) is 0 Å². The summed E-state index contributed by atoms with van der Waals surface area (Å²) in [4.78, 5) is 0. The van der Waals surface area contributed by atoms with Crippen LogP contribution in [0.3, 0.4) is 0 Å². The number of rotatable bonds is 20. The first-order chi connectivity index (χ1) is 17.9. The normalized spacial score (nSPS) is 21.0. The second kappa shape index (κ2) is 13.4. The van der Waals surface area contributed by atoms with Gasteiger partial charge in [-0.3, -0.25) is 4.74 Å². The summed E-state index contributed by atoms with van der Waals surface area (Å²) in [6.07, 6.45) is -30.6. The van der Waals surface area contributed by atoms with Gasteiger partial charge in [0.1, 0.15) is 39.0 Å². The van der Waals surface area contributed by atoms with Crippen LogP contribution in [0.1, 0.15) is 26.2 Å². The van der Waals surface area contributed by atoms with Gasteiger partial charge in [-0.1, -0.05) is 6.92 Å². The maximum atomic E-state index is 13.9. The number of alkyl halides is 14. The molecule has 0 bridgehead atoms. The van der Waals surface area contributed by atoms with E-state index in [0.717, 1.165) is 6.92 Å². The highest BCUT2D eigenvalue weighted by Gasteiger charge is 2.63. The Morgan fingerprint density at radius 1 is 0.725 bits per heavy atom. The zero-order chi connectivity index (χ0) is 31.3. The van der Waals surface area contributed by atoms with Crippen molar-refractivity contribution in [3.8, 4) is 0 Å². The molecule has 0 radical (unpaired) electrons. The standard InChI is InChI=1S/C19H24F14O7/c1-2-16(26,27)38-11-5-15(24,25)12(11)39-17(28,29)6-13(20,21)7-36-10-18(30,31)40-19(32,33)37-9-14(22,23)8-35-4-3-34/h11-12,34H,2-10H2,1H3. The zero-order valence-corrected chi connectivity index (χ0v) is 20.2. The van der Waals surface area contributed by atoms with Crippen LogP contribution in [0, 0.1) is 0 Å². The molecule has 0 saturated heterocycles. The molecule has 0 aromatic heterocycles. The third kappa shape index (κ3) is 13.1. The lowest BCUT2D eigenvalue weighted by Gasteiger charge is -2.45. The predicted molar refractivity (Wildman–Crippen MR) is 99.7 cm³/mol. The number of aliphatic hydroxyl groups is 1. The van der Waals surface area contributed by atoms with Crippen molar-refractivity contribution in [1.82, 2.24) is 0 Å². The first-order valence-electron chi connectivity index (χ1n) is 11.0. The largest absolute Gasteiger partial charge is 0.490 e. The third-order valence-electron chi connectivity index (χ3n) is 4.58. The van der Waals surface area contributed by atoms with Gasteiger partial charge < -0.3 is 24.1 Å². The van der Waals surface area contributed by atoms with E-state index in [1.165, 1.54) is 0 Å². The van der Waals surface area contributed by atoms with Crippen LogP contribution in [0.15, 0.2) is 0 Å². The topological polar surface area (TPSA) is 75.6 Å². The van der Waals surface area contributed by atoms with Gasteiger partial charge in [0.15, 0.2) is 6.10 Å². The van der Waals surface area contributed by atoms with E-state index >= 15 is 0 Å². The molecular formula is C19H24F14O7. The number of hydrogen-bond donors (Lipinski definition) is 1. The van der Waals surface area contributed by atoms with E-state index in [-0.39, 0.29) is 0 Å². The Labute approximate surface area is 216 Å². The van der Waals surface area contributed by atoms with Gasteiger partial charge in [0, 0.05) is 12.8 Å². The van der Waals surface area contributed by atoms with Gasteiger partial charge >= 0.3 is 24.6 Å². The highest BCUT2D eigenvalue weighted by Crippen LogP contribution is 2.47. The van der Waals surface area contributed by atoms with Crippen molar-refractivity contribution >= 4 is 0 Å². The molecule has 0 aromatic rings. The van der Waals surface area contributed by atoms with Crippen LogP contribution in [0.25, 0.3) is 0 Å². The highest BCUT2D eigenvalue weighted by atomic mass is 19.3. The molecule has 1 fully saturated rings. The summed E-state index contributed by atoms with van der Waals surface area (Å²) in [7, 11) is 0. The lowest BCUT2D eigenvalue weighted by Crippen LogP contribution is -2.62. The molecule has 2 atom stereocenters. The van der Waals surface area contributed by atoms with Crippen molar-refractivity contribution in [2.45, 2.75) is 80.8 Å². The molecule has 21 heteroatoms. The molecule has 0 aromatic carbocycles. The third-order valence-corrected chi connectivity index (χ3v) is 4.58. The lowest BCUT2D eigenvalue weighted by atomic mass is 9.86. The van der Waals surface area contributed by atoms with Gasteiger partial charge in [0.2, 0.25) is 0 Å². The minimum absolute atomic E-state index is 0.625. The molecule has 2 unspecified atom stereocenters. The molecule has 1 aliphatic rings. The Kier molecular flexibility index (Phi) is 12.3. The molecule has 1 N–H and O–H groups in total. The van der Waals surface area contributed by atoms with E-state index in [4.69, 9.17) is 5.11 Å². The van der Waals surface area contributed by atoms with Gasteiger partial charge in [-0.05, 0) is 0 Å². The molecular weight excluding hydrogens is 606 g/mol. The van der Waals surface area contributed by atoms with E-state index in [0.29, 0.717) is 0 Å². The van der Waals surface area contributed by atoms with Crippen molar-refractivity contribution in [3.05, 3.63) is 0 Å². The fourth-order valence-corrected chi connectivity index (χ4v) is 2.82. The average Bonchev–Trinajstić information content (AvgIpc) is 2.74. The van der Waals surface area contributed by atoms with Gasteiger partial charge in [-0.15, -0.1) is 8.78 Å². The van der Waals surface area contributed by atoms with Gasteiger partial charge in [-0.25, -0.2) is 31.1 Å². The van der Waals surface area contributed by atoms with Crippen molar-refractivity contribution in [3.63, 3.8) is 0 Å². The van der Waals surface area contributed by atoms with Crippen LogP contribution in [0.2, 0.25) is 0 Å². The van der Waals surface area contributed by atoms with Crippen LogP contribution < -0.4 is 0 Å². The molecule has 0 spiro atoms. The van der Waals surface area contributed by atoms with Gasteiger partial charge in [0.25, 0.3) is 17.8 Å². The fraction of sp³-hybridized carbons (Fsp3) is 1.00. The Balaban J connectivity index is 2.61. The predicted octanol–water partition coefficient (Wildman–Crippen LogP) is 5.25. The zero-order valence-electron chi connectivity index (χ0n) is 20.2. The summed E-state index contributed by atoms with van der Waals surface area (Å²) in [5, 5.41) is 8.36. The van der Waals surface area contributed by atoms with Crippen LogP contribution in [0.4, 0.5) is 61.5 Å². The van der Waals surface area contributed by atoms with Crippen molar-refractivity contribution in [2.24, 2.45) is 0 Å². The summed E-state index contributed by atoms with van der Waals surface area (Å²) < 4.78 is 210. The van der Waals surface area contributed by atoms with Crippen molar-refractivity contribution in [1.29, 1.82) is 0 Å². The van der Waals surface area contributed by atoms with Crippen LogP contribution in [-0.4, -0.2) is 99.3 Å². The van der Waals surface area contributed by atoms with Crippen LogP contribution >= 0.6 is 0 Å². The van der Waals surface area contributed by atoms with E-state index < -0.39 is 113 Å².